The lowest BCUT2D eigenvalue weighted by Crippen LogP contribution is -2.17. The van der Waals surface area contributed by atoms with Crippen LogP contribution in [0.2, 0.25) is 0 Å². The molecule has 108 valence electrons. The molecule has 0 aliphatic carbocycles. The number of hydrogen-bond acceptors (Lipinski definition) is 4. The van der Waals surface area contributed by atoms with Crippen molar-refractivity contribution in [3.05, 3.63) is 53.7 Å². The average molecular weight is 281 g/mol. The van der Waals surface area contributed by atoms with Crippen LogP contribution in [0, 0.1) is 11.3 Å². The van der Waals surface area contributed by atoms with Crippen LogP contribution in [-0.4, -0.2) is 11.5 Å². The highest BCUT2D eigenvalue weighted by Crippen LogP contribution is 2.22. The number of nitrogens with one attached hydrogen (secondary N) is 1. The molecule has 0 aliphatic rings. The van der Waals surface area contributed by atoms with Crippen LogP contribution in [0.15, 0.2) is 42.6 Å². The highest BCUT2D eigenvalue weighted by Gasteiger charge is 2.06. The predicted molar refractivity (Wildman–Crippen MR) is 82.2 cm³/mol. The Hall–Kier alpha value is -2.38. The summed E-state index contributed by atoms with van der Waals surface area (Å²) in [4.78, 5) is 4.23. The van der Waals surface area contributed by atoms with Gasteiger partial charge in [-0.05, 0) is 42.8 Å². The Bertz CT molecular complexity index is 617. The number of hydrogen-bond donors (Lipinski definition) is 1. The molecule has 21 heavy (non-hydrogen) atoms. The standard InChI is InChI=1S/C17H19N3O/c1-3-19-13(2)15-9-11-20-17(12-15)21-16-6-4-14(5-7-16)8-10-18/h4-7,9,11-13,19H,3,8H2,1-2H3. The van der Waals surface area contributed by atoms with Crippen LogP contribution in [-0.2, 0) is 6.42 Å². The lowest BCUT2D eigenvalue weighted by atomic mass is 10.1. The normalized spacial score (nSPS) is 11.7. The third-order valence-electron chi connectivity index (χ3n) is 3.20. The quantitative estimate of drug-likeness (QED) is 0.878. The van der Waals surface area contributed by atoms with Crippen LogP contribution in [0.25, 0.3) is 0 Å². The number of nitriles is 1. The summed E-state index contributed by atoms with van der Waals surface area (Å²) in [6.45, 7) is 5.11. The van der Waals surface area contributed by atoms with E-state index in [1.54, 1.807) is 6.20 Å². The van der Waals surface area contributed by atoms with Gasteiger partial charge in [0.05, 0.1) is 12.5 Å². The van der Waals surface area contributed by atoms with E-state index in [2.05, 4.69) is 30.2 Å². The minimum atomic E-state index is 0.262. The van der Waals surface area contributed by atoms with E-state index in [0.29, 0.717) is 12.3 Å². The van der Waals surface area contributed by atoms with Gasteiger partial charge < -0.3 is 10.1 Å². The Kier molecular flexibility index (Phi) is 5.30. The maximum absolute atomic E-state index is 8.65. The number of aromatic nitrogens is 1. The molecule has 0 fully saturated rings. The number of pyridine rings is 1. The zero-order chi connectivity index (χ0) is 15.1. The topological polar surface area (TPSA) is 57.9 Å². The molecule has 1 aromatic carbocycles. The van der Waals surface area contributed by atoms with Gasteiger partial charge in [-0.1, -0.05) is 19.1 Å². The molecule has 0 bridgehead atoms. The first-order valence-electron chi connectivity index (χ1n) is 7.06. The Morgan fingerprint density at radius 1 is 1.29 bits per heavy atom. The average Bonchev–Trinajstić information content (AvgIpc) is 2.50. The molecule has 1 aromatic heterocycles. The molecule has 4 nitrogen and oxygen atoms in total. The second-order valence-corrected chi connectivity index (χ2v) is 4.79. The van der Waals surface area contributed by atoms with E-state index in [1.807, 2.05) is 36.4 Å². The number of benzene rings is 1. The number of ether oxygens (including phenoxy) is 1. The lowest BCUT2D eigenvalue weighted by molar-refractivity contribution is 0.460. The predicted octanol–water partition coefficient (Wildman–Crippen LogP) is 3.61. The van der Waals surface area contributed by atoms with Gasteiger partial charge in [0.2, 0.25) is 5.88 Å². The molecule has 0 aliphatic heterocycles. The third kappa shape index (κ3) is 4.30. The molecule has 0 amide bonds. The molecule has 0 spiro atoms. The van der Waals surface area contributed by atoms with Crippen LogP contribution >= 0.6 is 0 Å². The molecule has 4 heteroatoms. The van der Waals surface area contributed by atoms with Crippen molar-refractivity contribution in [3.63, 3.8) is 0 Å². The highest BCUT2D eigenvalue weighted by atomic mass is 16.5. The van der Waals surface area contributed by atoms with Gasteiger partial charge in [-0.2, -0.15) is 5.26 Å². The summed E-state index contributed by atoms with van der Waals surface area (Å²) in [5.74, 6) is 1.29. The van der Waals surface area contributed by atoms with Crippen molar-refractivity contribution in [1.29, 1.82) is 5.26 Å². The zero-order valence-electron chi connectivity index (χ0n) is 12.3. The molecule has 2 rings (SSSR count). The van der Waals surface area contributed by atoms with E-state index in [4.69, 9.17) is 10.00 Å². The Morgan fingerprint density at radius 2 is 2.05 bits per heavy atom. The molecular weight excluding hydrogens is 262 g/mol. The molecule has 1 heterocycles. The summed E-state index contributed by atoms with van der Waals surface area (Å²) in [6.07, 6.45) is 2.16. The summed E-state index contributed by atoms with van der Waals surface area (Å²) < 4.78 is 5.76. The third-order valence-corrected chi connectivity index (χ3v) is 3.20. The van der Waals surface area contributed by atoms with Crippen LogP contribution in [0.1, 0.15) is 31.0 Å². The van der Waals surface area contributed by atoms with Crippen molar-refractivity contribution >= 4 is 0 Å². The summed E-state index contributed by atoms with van der Waals surface area (Å²) in [5, 5.41) is 12.0. The van der Waals surface area contributed by atoms with Crippen LogP contribution in [0.5, 0.6) is 11.6 Å². The van der Waals surface area contributed by atoms with Gasteiger partial charge in [-0.3, -0.25) is 0 Å². The number of rotatable bonds is 6. The van der Waals surface area contributed by atoms with Crippen LogP contribution in [0.3, 0.4) is 0 Å². The Morgan fingerprint density at radius 3 is 2.71 bits per heavy atom. The monoisotopic (exact) mass is 281 g/mol. The van der Waals surface area contributed by atoms with Crippen molar-refractivity contribution in [2.24, 2.45) is 0 Å². The molecule has 0 saturated heterocycles. The van der Waals surface area contributed by atoms with E-state index in [0.717, 1.165) is 23.4 Å². The smallest absolute Gasteiger partial charge is 0.219 e. The van der Waals surface area contributed by atoms with Crippen molar-refractivity contribution < 1.29 is 4.74 Å². The molecule has 1 atom stereocenters. The van der Waals surface area contributed by atoms with E-state index in [-0.39, 0.29) is 6.04 Å². The highest BCUT2D eigenvalue weighted by molar-refractivity contribution is 5.33. The fraction of sp³-hybridized carbons (Fsp3) is 0.294. The van der Waals surface area contributed by atoms with Gasteiger partial charge in [-0.15, -0.1) is 0 Å². The van der Waals surface area contributed by atoms with E-state index in [9.17, 15) is 0 Å². The minimum absolute atomic E-state index is 0.262. The fourth-order valence-corrected chi connectivity index (χ4v) is 2.06. The SMILES string of the molecule is CCNC(C)c1ccnc(Oc2ccc(CC#N)cc2)c1. The maximum atomic E-state index is 8.65. The molecular formula is C17H19N3O. The fourth-order valence-electron chi connectivity index (χ4n) is 2.06. The lowest BCUT2D eigenvalue weighted by Gasteiger charge is -2.13. The zero-order valence-corrected chi connectivity index (χ0v) is 12.3. The second-order valence-electron chi connectivity index (χ2n) is 4.79. The van der Waals surface area contributed by atoms with Crippen molar-refractivity contribution in [2.45, 2.75) is 26.3 Å². The first-order valence-corrected chi connectivity index (χ1v) is 7.06. The first-order chi connectivity index (χ1) is 10.2. The van der Waals surface area contributed by atoms with E-state index in [1.165, 1.54) is 0 Å². The van der Waals surface area contributed by atoms with Gasteiger partial charge in [-0.25, -0.2) is 4.98 Å². The Balaban J connectivity index is 2.09. The molecule has 0 saturated carbocycles. The summed E-state index contributed by atoms with van der Waals surface area (Å²) >= 11 is 0. The molecule has 1 unspecified atom stereocenters. The molecule has 0 radical (unpaired) electrons. The Labute approximate surface area is 125 Å². The van der Waals surface area contributed by atoms with Crippen LogP contribution in [0.4, 0.5) is 0 Å². The summed E-state index contributed by atoms with van der Waals surface area (Å²) in [5.41, 5.74) is 2.12. The second kappa shape index (κ2) is 7.41. The van der Waals surface area contributed by atoms with Gasteiger partial charge in [0.15, 0.2) is 0 Å². The van der Waals surface area contributed by atoms with Crippen molar-refractivity contribution in [3.8, 4) is 17.7 Å². The van der Waals surface area contributed by atoms with Gasteiger partial charge in [0, 0.05) is 18.3 Å². The van der Waals surface area contributed by atoms with Gasteiger partial charge >= 0.3 is 0 Å². The number of nitrogens with zero attached hydrogens (tertiary/aromatic N) is 2. The van der Waals surface area contributed by atoms with Crippen molar-refractivity contribution in [1.82, 2.24) is 10.3 Å². The maximum Gasteiger partial charge on any atom is 0.219 e. The summed E-state index contributed by atoms with van der Waals surface area (Å²) in [7, 11) is 0. The summed E-state index contributed by atoms with van der Waals surface area (Å²) in [6, 6.07) is 13.8. The van der Waals surface area contributed by atoms with Gasteiger partial charge in [0.25, 0.3) is 0 Å². The minimum Gasteiger partial charge on any atom is -0.439 e. The van der Waals surface area contributed by atoms with E-state index < -0.39 is 0 Å². The van der Waals surface area contributed by atoms with E-state index >= 15 is 0 Å². The van der Waals surface area contributed by atoms with Gasteiger partial charge in [0.1, 0.15) is 5.75 Å². The molecule has 1 N–H and O–H groups in total. The van der Waals surface area contributed by atoms with Crippen molar-refractivity contribution in [2.75, 3.05) is 6.54 Å². The van der Waals surface area contributed by atoms with Crippen LogP contribution < -0.4 is 10.1 Å². The molecule has 2 aromatic rings. The first kappa shape index (κ1) is 15.0. The largest absolute Gasteiger partial charge is 0.439 e.